The molecule has 0 saturated carbocycles. The van der Waals surface area contributed by atoms with Crippen molar-refractivity contribution >= 4 is 76.1 Å². The van der Waals surface area contributed by atoms with Crippen LogP contribution in [-0.2, 0) is 0 Å². The number of para-hydroxylation sites is 1. The predicted molar refractivity (Wildman–Crippen MR) is 200 cm³/mol. The minimum absolute atomic E-state index is 0.334. The van der Waals surface area contributed by atoms with Crippen molar-refractivity contribution in [2.24, 2.45) is 0 Å². The Labute approximate surface area is 277 Å². The molecule has 11 aromatic rings. The van der Waals surface area contributed by atoms with Crippen molar-refractivity contribution in [3.05, 3.63) is 166 Å². The van der Waals surface area contributed by atoms with Crippen molar-refractivity contribution in [1.29, 1.82) is 0 Å². The molecule has 5 nitrogen and oxygen atoms in total. The second kappa shape index (κ2) is 9.43. The van der Waals surface area contributed by atoms with E-state index in [1.807, 2.05) is 48.5 Å². The third kappa shape index (κ3) is 3.38. The summed E-state index contributed by atoms with van der Waals surface area (Å²) in [6.45, 7) is 0. The first-order chi connectivity index (χ1) is 24.2. The summed E-state index contributed by atoms with van der Waals surface area (Å²) in [6.07, 6.45) is 0. The summed E-state index contributed by atoms with van der Waals surface area (Å²) in [6, 6.07) is 49.4. The summed E-state index contributed by atoms with van der Waals surface area (Å²) >= 11 is 0. The number of hydrogen-bond acceptors (Lipinski definition) is 3. The summed E-state index contributed by atoms with van der Waals surface area (Å²) in [5.74, 6) is 0. The molecular formula is C44H24N2O3. The van der Waals surface area contributed by atoms with Gasteiger partial charge in [-0.2, -0.15) is 4.52 Å². The molecule has 228 valence electrons. The number of nitrogens with zero attached hydrogens (tertiary/aromatic N) is 2. The van der Waals surface area contributed by atoms with E-state index in [-0.39, 0.29) is 11.1 Å². The number of benzene rings is 8. The number of fused-ring (bicyclic) bond motifs is 11. The fraction of sp³-hybridized carbons (Fsp3) is 0. The van der Waals surface area contributed by atoms with Gasteiger partial charge in [0.25, 0.3) is 11.1 Å². The minimum atomic E-state index is -0.356. The molecular weight excluding hydrogens is 604 g/mol. The first-order valence-corrected chi connectivity index (χ1v) is 16.4. The van der Waals surface area contributed by atoms with Crippen molar-refractivity contribution in [2.75, 3.05) is 0 Å². The van der Waals surface area contributed by atoms with Crippen molar-refractivity contribution in [1.82, 2.24) is 9.03 Å². The lowest BCUT2D eigenvalue weighted by Gasteiger charge is -2.19. The normalized spacial score (nSPS) is 12.2. The highest BCUT2D eigenvalue weighted by molar-refractivity contribution is 6.25. The van der Waals surface area contributed by atoms with E-state index < -0.39 is 0 Å². The third-order valence-electron chi connectivity index (χ3n) is 10.3. The van der Waals surface area contributed by atoms with Gasteiger partial charge in [0.2, 0.25) is 0 Å². The van der Waals surface area contributed by atoms with Gasteiger partial charge in [-0.1, -0.05) is 121 Å². The van der Waals surface area contributed by atoms with E-state index in [0.29, 0.717) is 27.4 Å². The van der Waals surface area contributed by atoms with Crippen LogP contribution in [0.3, 0.4) is 0 Å². The third-order valence-corrected chi connectivity index (χ3v) is 10.3. The Balaban J connectivity index is 1.28. The molecule has 5 heteroatoms. The maximum absolute atomic E-state index is 14.5. The Morgan fingerprint density at radius 3 is 1.69 bits per heavy atom. The highest BCUT2D eigenvalue weighted by atomic mass is 16.3. The summed E-state index contributed by atoms with van der Waals surface area (Å²) < 4.78 is 9.17. The van der Waals surface area contributed by atoms with Gasteiger partial charge in [-0.25, -0.2) is 4.52 Å². The van der Waals surface area contributed by atoms with Crippen molar-refractivity contribution < 1.29 is 4.42 Å². The van der Waals surface area contributed by atoms with Crippen LogP contribution in [0.25, 0.3) is 98.3 Å². The van der Waals surface area contributed by atoms with E-state index in [1.165, 1.54) is 20.9 Å². The van der Waals surface area contributed by atoms with Gasteiger partial charge in [-0.05, 0) is 78.8 Å². The molecule has 0 spiro atoms. The quantitative estimate of drug-likeness (QED) is 0.179. The molecule has 0 bridgehead atoms. The average molecular weight is 629 g/mol. The van der Waals surface area contributed by atoms with Gasteiger partial charge in [-0.3, -0.25) is 9.59 Å². The van der Waals surface area contributed by atoms with Crippen molar-refractivity contribution in [3.63, 3.8) is 0 Å². The van der Waals surface area contributed by atoms with E-state index in [1.54, 1.807) is 10.6 Å². The Kier molecular flexibility index (Phi) is 5.07. The molecule has 3 aromatic heterocycles. The number of rotatable bonds is 2. The van der Waals surface area contributed by atoms with Gasteiger partial charge >= 0.3 is 0 Å². The average Bonchev–Trinajstić information content (AvgIpc) is 3.76. The summed E-state index contributed by atoms with van der Waals surface area (Å²) in [5, 5.41) is 9.52. The zero-order valence-corrected chi connectivity index (χ0v) is 26.0. The van der Waals surface area contributed by atoms with Crippen LogP contribution in [0.15, 0.2) is 160 Å². The maximum atomic E-state index is 14.5. The Bertz CT molecular complexity index is 3270. The molecule has 0 amide bonds. The Morgan fingerprint density at radius 2 is 0.959 bits per heavy atom. The van der Waals surface area contributed by atoms with E-state index >= 15 is 0 Å². The lowest BCUT2D eigenvalue weighted by Crippen LogP contribution is -2.21. The molecule has 0 saturated heterocycles. The first kappa shape index (κ1) is 26.4. The van der Waals surface area contributed by atoms with Crippen LogP contribution in [0, 0.1) is 0 Å². The van der Waals surface area contributed by atoms with Gasteiger partial charge < -0.3 is 4.42 Å². The van der Waals surface area contributed by atoms with E-state index in [4.69, 9.17) is 4.42 Å². The monoisotopic (exact) mass is 628 g/mol. The highest BCUT2D eigenvalue weighted by Gasteiger charge is 2.24. The van der Waals surface area contributed by atoms with Crippen LogP contribution in [-0.4, -0.2) is 9.03 Å². The molecule has 0 N–H and O–H groups in total. The van der Waals surface area contributed by atoms with E-state index in [9.17, 15) is 9.59 Å². The molecule has 3 heterocycles. The predicted octanol–water partition coefficient (Wildman–Crippen LogP) is 10.2. The number of hydrogen-bond donors (Lipinski definition) is 0. The standard InChI is InChI=1S/C44H24N2O3/c47-43-35-24-39-34(27-14-7-8-22-38(27)49-39)23-37(35)45-36-21-10-20-33(42(36)44(48)46(43)45)41-31-17-5-3-15-29(31)40(30-16-4-6-18-32(30)41)28-19-9-12-25-11-1-2-13-26(25)28/h1-24H. The molecule has 49 heavy (non-hydrogen) atoms. The van der Waals surface area contributed by atoms with Crippen LogP contribution in [0.5, 0.6) is 0 Å². The van der Waals surface area contributed by atoms with Gasteiger partial charge in [0.15, 0.2) is 0 Å². The summed E-state index contributed by atoms with van der Waals surface area (Å²) in [5.41, 5.74) is 6.17. The molecule has 11 rings (SSSR count). The molecule has 0 aliphatic rings. The smallest absolute Gasteiger partial charge is 0.283 e. The second-order valence-electron chi connectivity index (χ2n) is 12.8. The molecule has 0 fully saturated rings. The van der Waals surface area contributed by atoms with Crippen LogP contribution >= 0.6 is 0 Å². The fourth-order valence-corrected chi connectivity index (χ4v) is 8.25. The van der Waals surface area contributed by atoms with Crippen LogP contribution in [0.2, 0.25) is 0 Å². The SMILES string of the molecule is O=c1c2cc3oc4ccccc4c3cc2n2c3cccc(-c4c5ccccc5c(-c5cccc6ccccc56)c5ccccc45)c3c(=O)n12. The second-order valence-corrected chi connectivity index (χ2v) is 12.8. The minimum Gasteiger partial charge on any atom is -0.456 e. The van der Waals surface area contributed by atoms with Gasteiger partial charge in [0.1, 0.15) is 11.2 Å². The molecule has 0 unspecified atom stereocenters. The molecule has 8 aromatic carbocycles. The van der Waals surface area contributed by atoms with Crippen molar-refractivity contribution in [3.8, 4) is 22.3 Å². The first-order valence-electron chi connectivity index (χ1n) is 16.4. The molecule has 0 radical (unpaired) electrons. The molecule has 0 aliphatic carbocycles. The zero-order valence-electron chi connectivity index (χ0n) is 26.0. The zero-order chi connectivity index (χ0) is 32.4. The molecule has 0 atom stereocenters. The van der Waals surface area contributed by atoms with Gasteiger partial charge in [-0.15, -0.1) is 0 Å². The lowest BCUT2D eigenvalue weighted by atomic mass is 9.84. The molecule has 0 aliphatic heterocycles. The van der Waals surface area contributed by atoms with Gasteiger partial charge in [0.05, 0.1) is 21.8 Å². The van der Waals surface area contributed by atoms with Crippen LogP contribution in [0.4, 0.5) is 0 Å². The van der Waals surface area contributed by atoms with E-state index in [0.717, 1.165) is 54.6 Å². The lowest BCUT2D eigenvalue weighted by molar-refractivity contribution is 0.669. The van der Waals surface area contributed by atoms with Crippen LogP contribution in [0.1, 0.15) is 0 Å². The maximum Gasteiger partial charge on any atom is 0.283 e. The van der Waals surface area contributed by atoms with Gasteiger partial charge in [0, 0.05) is 10.8 Å². The largest absolute Gasteiger partial charge is 0.456 e. The summed E-state index contributed by atoms with van der Waals surface area (Å²) in [7, 11) is 0. The fourth-order valence-electron chi connectivity index (χ4n) is 8.25. The number of aromatic nitrogens is 2. The Morgan fingerprint density at radius 1 is 0.388 bits per heavy atom. The topological polar surface area (TPSA) is 56.1 Å². The van der Waals surface area contributed by atoms with Crippen LogP contribution < -0.4 is 11.1 Å². The number of furan rings is 1. The van der Waals surface area contributed by atoms with E-state index in [2.05, 4.69) is 91.0 Å². The Hall–Kier alpha value is -6.72. The highest BCUT2D eigenvalue weighted by Crippen LogP contribution is 2.46. The summed E-state index contributed by atoms with van der Waals surface area (Å²) in [4.78, 5) is 28.6. The van der Waals surface area contributed by atoms with Crippen molar-refractivity contribution in [2.45, 2.75) is 0 Å².